The molecule has 1 rings (SSSR count). The lowest BCUT2D eigenvalue weighted by Crippen LogP contribution is -2.10. The minimum Gasteiger partial charge on any atom is -0.497 e. The summed E-state index contributed by atoms with van der Waals surface area (Å²) in [5, 5.41) is 8.76. The molecule has 1 aromatic rings. The molecule has 20 heavy (non-hydrogen) atoms. The molecular formula is C15H20O5. The number of methoxy groups -OCH3 is 2. The maximum absolute atomic E-state index is 8.76. The zero-order chi connectivity index (χ0) is 14.6. The molecular weight excluding hydrogens is 260 g/mol. The fourth-order valence-corrected chi connectivity index (χ4v) is 1.45. The lowest BCUT2D eigenvalue weighted by molar-refractivity contribution is 0.0544. The number of aliphatic hydroxyl groups is 1. The molecule has 0 amide bonds. The van der Waals surface area contributed by atoms with Crippen LogP contribution in [0.3, 0.4) is 0 Å². The van der Waals surface area contributed by atoms with Crippen molar-refractivity contribution in [1.82, 2.24) is 0 Å². The lowest BCUT2D eigenvalue weighted by Gasteiger charge is -2.10. The standard InChI is InChI=1S/C15H20O5/c1-17-8-9-19-10-11-20-15-6-5-14(18-2)12-13(15)4-3-7-16/h5-6,12,16H,7-11H2,1-2H3. The van der Waals surface area contributed by atoms with E-state index in [1.54, 1.807) is 32.4 Å². The van der Waals surface area contributed by atoms with Crippen LogP contribution in [0.5, 0.6) is 11.5 Å². The maximum atomic E-state index is 8.76. The smallest absolute Gasteiger partial charge is 0.135 e. The molecule has 0 saturated carbocycles. The molecule has 5 heteroatoms. The third kappa shape index (κ3) is 5.93. The highest BCUT2D eigenvalue weighted by Crippen LogP contribution is 2.23. The van der Waals surface area contributed by atoms with Crippen LogP contribution in [0.2, 0.25) is 0 Å². The van der Waals surface area contributed by atoms with E-state index < -0.39 is 0 Å². The van der Waals surface area contributed by atoms with E-state index in [0.717, 1.165) is 0 Å². The predicted molar refractivity (Wildman–Crippen MR) is 75.1 cm³/mol. The van der Waals surface area contributed by atoms with Gasteiger partial charge in [-0.05, 0) is 18.2 Å². The summed E-state index contributed by atoms with van der Waals surface area (Å²) in [5.74, 6) is 6.76. The van der Waals surface area contributed by atoms with E-state index in [4.69, 9.17) is 24.1 Å². The third-order valence-electron chi connectivity index (χ3n) is 2.41. The van der Waals surface area contributed by atoms with Gasteiger partial charge in [-0.15, -0.1) is 0 Å². The monoisotopic (exact) mass is 280 g/mol. The van der Waals surface area contributed by atoms with E-state index in [1.807, 2.05) is 0 Å². The largest absolute Gasteiger partial charge is 0.497 e. The minimum atomic E-state index is -0.198. The van der Waals surface area contributed by atoms with E-state index >= 15 is 0 Å². The van der Waals surface area contributed by atoms with Crippen LogP contribution in [0.1, 0.15) is 5.56 Å². The maximum Gasteiger partial charge on any atom is 0.135 e. The Bertz CT molecular complexity index is 447. The van der Waals surface area contributed by atoms with Gasteiger partial charge in [-0.3, -0.25) is 0 Å². The zero-order valence-corrected chi connectivity index (χ0v) is 11.8. The molecule has 1 N–H and O–H groups in total. The van der Waals surface area contributed by atoms with Crippen LogP contribution in [-0.2, 0) is 9.47 Å². The Hall–Kier alpha value is -1.74. The van der Waals surface area contributed by atoms with Gasteiger partial charge in [0.2, 0.25) is 0 Å². The van der Waals surface area contributed by atoms with E-state index in [1.165, 1.54) is 0 Å². The summed E-state index contributed by atoms with van der Waals surface area (Å²) < 4.78 is 20.9. The topological polar surface area (TPSA) is 57.2 Å². The molecule has 0 aromatic heterocycles. The second kappa shape index (κ2) is 10.1. The quantitative estimate of drug-likeness (QED) is 0.570. The summed E-state index contributed by atoms with van der Waals surface area (Å²) in [5.41, 5.74) is 0.676. The summed E-state index contributed by atoms with van der Waals surface area (Å²) in [6.07, 6.45) is 0. The van der Waals surface area contributed by atoms with Crippen LogP contribution in [0.25, 0.3) is 0 Å². The van der Waals surface area contributed by atoms with E-state index in [-0.39, 0.29) is 6.61 Å². The minimum absolute atomic E-state index is 0.198. The van der Waals surface area contributed by atoms with Crippen LogP contribution in [0, 0.1) is 11.8 Å². The van der Waals surface area contributed by atoms with E-state index in [0.29, 0.717) is 43.5 Å². The highest BCUT2D eigenvalue weighted by atomic mass is 16.5. The average Bonchev–Trinajstić information content (AvgIpc) is 2.49. The lowest BCUT2D eigenvalue weighted by atomic mass is 10.2. The van der Waals surface area contributed by atoms with Crippen LogP contribution >= 0.6 is 0 Å². The van der Waals surface area contributed by atoms with Crippen molar-refractivity contribution in [3.63, 3.8) is 0 Å². The Morgan fingerprint density at radius 1 is 1.10 bits per heavy atom. The van der Waals surface area contributed by atoms with E-state index in [2.05, 4.69) is 11.8 Å². The van der Waals surface area contributed by atoms with Gasteiger partial charge in [0, 0.05) is 7.11 Å². The molecule has 0 bridgehead atoms. The Balaban J connectivity index is 2.55. The molecule has 5 nitrogen and oxygen atoms in total. The predicted octanol–water partition coefficient (Wildman–Crippen LogP) is 1.08. The summed E-state index contributed by atoms with van der Waals surface area (Å²) in [4.78, 5) is 0. The summed E-state index contributed by atoms with van der Waals surface area (Å²) >= 11 is 0. The number of rotatable bonds is 8. The molecule has 0 aliphatic rings. The molecule has 0 unspecified atom stereocenters. The van der Waals surface area contributed by atoms with Crippen molar-refractivity contribution in [2.45, 2.75) is 0 Å². The van der Waals surface area contributed by atoms with Crippen LogP contribution in [0.15, 0.2) is 18.2 Å². The average molecular weight is 280 g/mol. The summed E-state index contributed by atoms with van der Waals surface area (Å²) in [6, 6.07) is 5.35. The van der Waals surface area contributed by atoms with Crippen molar-refractivity contribution in [2.75, 3.05) is 47.3 Å². The van der Waals surface area contributed by atoms with Gasteiger partial charge in [0.05, 0.1) is 32.5 Å². The zero-order valence-electron chi connectivity index (χ0n) is 11.8. The van der Waals surface area contributed by atoms with Gasteiger partial charge >= 0.3 is 0 Å². The summed E-state index contributed by atoms with van der Waals surface area (Å²) in [6.45, 7) is 1.80. The SMILES string of the molecule is COCCOCCOc1ccc(OC)cc1C#CCO. The van der Waals surface area contributed by atoms with Crippen molar-refractivity contribution in [3.8, 4) is 23.3 Å². The molecule has 0 radical (unpaired) electrons. The first kappa shape index (κ1) is 16.3. The third-order valence-corrected chi connectivity index (χ3v) is 2.41. The number of ether oxygens (including phenoxy) is 4. The van der Waals surface area contributed by atoms with Gasteiger partial charge in [-0.2, -0.15) is 0 Å². The number of hydrogen-bond acceptors (Lipinski definition) is 5. The molecule has 0 atom stereocenters. The van der Waals surface area contributed by atoms with Crippen molar-refractivity contribution in [1.29, 1.82) is 0 Å². The van der Waals surface area contributed by atoms with Gasteiger partial charge in [0.25, 0.3) is 0 Å². The highest BCUT2D eigenvalue weighted by Gasteiger charge is 2.03. The first-order valence-corrected chi connectivity index (χ1v) is 6.29. The Morgan fingerprint density at radius 3 is 2.60 bits per heavy atom. The second-order valence-electron chi connectivity index (χ2n) is 3.78. The van der Waals surface area contributed by atoms with Crippen molar-refractivity contribution >= 4 is 0 Å². The molecule has 0 fully saturated rings. The number of hydrogen-bond donors (Lipinski definition) is 1. The Morgan fingerprint density at radius 2 is 1.90 bits per heavy atom. The first-order chi connectivity index (χ1) is 9.81. The molecule has 0 aliphatic carbocycles. The fraction of sp³-hybridized carbons (Fsp3) is 0.467. The van der Waals surface area contributed by atoms with Crippen molar-refractivity contribution in [3.05, 3.63) is 23.8 Å². The first-order valence-electron chi connectivity index (χ1n) is 6.29. The Labute approximate surface area is 119 Å². The molecule has 0 saturated heterocycles. The van der Waals surface area contributed by atoms with Gasteiger partial charge in [-0.25, -0.2) is 0 Å². The fourth-order valence-electron chi connectivity index (χ4n) is 1.45. The summed E-state index contributed by atoms with van der Waals surface area (Å²) in [7, 11) is 3.21. The van der Waals surface area contributed by atoms with E-state index in [9.17, 15) is 0 Å². The molecule has 0 heterocycles. The van der Waals surface area contributed by atoms with Gasteiger partial charge in [-0.1, -0.05) is 11.8 Å². The second-order valence-corrected chi connectivity index (χ2v) is 3.78. The molecule has 1 aromatic carbocycles. The van der Waals surface area contributed by atoms with Crippen molar-refractivity contribution < 1.29 is 24.1 Å². The van der Waals surface area contributed by atoms with Crippen LogP contribution in [0.4, 0.5) is 0 Å². The molecule has 0 aliphatic heterocycles. The Kier molecular flexibility index (Phi) is 8.24. The van der Waals surface area contributed by atoms with Gasteiger partial charge in [0.1, 0.15) is 24.7 Å². The highest BCUT2D eigenvalue weighted by molar-refractivity contribution is 5.50. The van der Waals surface area contributed by atoms with Gasteiger partial charge in [0.15, 0.2) is 0 Å². The normalized spacial score (nSPS) is 9.75. The molecule has 0 spiro atoms. The van der Waals surface area contributed by atoms with Crippen LogP contribution in [-0.4, -0.2) is 52.4 Å². The van der Waals surface area contributed by atoms with Crippen LogP contribution < -0.4 is 9.47 Å². The number of benzene rings is 1. The number of aliphatic hydroxyl groups excluding tert-OH is 1. The van der Waals surface area contributed by atoms with Crippen molar-refractivity contribution in [2.24, 2.45) is 0 Å². The molecule has 110 valence electrons. The van der Waals surface area contributed by atoms with Gasteiger partial charge < -0.3 is 24.1 Å².